The van der Waals surface area contributed by atoms with Crippen LogP contribution in [0.25, 0.3) is 0 Å². The van der Waals surface area contributed by atoms with Gasteiger partial charge >= 0.3 is 0 Å². The predicted octanol–water partition coefficient (Wildman–Crippen LogP) is 4.53. The van der Waals surface area contributed by atoms with Crippen LogP contribution in [-0.2, 0) is 0 Å². The zero-order valence-corrected chi connectivity index (χ0v) is 13.8. The molecule has 2 nitrogen and oxygen atoms in total. The summed E-state index contributed by atoms with van der Waals surface area (Å²) in [5.41, 5.74) is 4.97. The summed E-state index contributed by atoms with van der Waals surface area (Å²) < 4.78 is 0. The van der Waals surface area contributed by atoms with Crippen molar-refractivity contribution in [1.82, 2.24) is 5.32 Å². The molecule has 3 unspecified atom stereocenters. The molecule has 3 atom stereocenters. The van der Waals surface area contributed by atoms with E-state index in [0.717, 1.165) is 12.1 Å². The summed E-state index contributed by atoms with van der Waals surface area (Å²) in [5, 5.41) is 14.2. The number of aryl methyl sites for hydroxylation is 2. The molecule has 0 radical (unpaired) electrons. The minimum atomic E-state index is 0. The number of hydrogen-bond donors (Lipinski definition) is 2. The van der Waals surface area contributed by atoms with Crippen LogP contribution < -0.4 is 5.32 Å². The molecule has 1 fully saturated rings. The first-order valence-corrected chi connectivity index (χ1v) is 7.82. The van der Waals surface area contributed by atoms with Crippen molar-refractivity contribution in [2.75, 3.05) is 6.54 Å². The Morgan fingerprint density at radius 2 is 1.95 bits per heavy atom. The van der Waals surface area contributed by atoms with Gasteiger partial charge in [-0.15, -0.1) is 19.0 Å². The van der Waals surface area contributed by atoms with E-state index in [9.17, 15) is 5.11 Å². The fraction of sp³-hybridized carbons (Fsp3) is 0.556. The van der Waals surface area contributed by atoms with Crippen LogP contribution in [0, 0.1) is 19.8 Å². The first kappa shape index (κ1) is 16.4. The largest absolute Gasteiger partial charge is 0.507 e. The highest BCUT2D eigenvalue weighted by Gasteiger charge is 2.44. The molecule has 2 aliphatic carbocycles. The number of benzene rings is 1. The molecule has 0 aromatic heterocycles. The quantitative estimate of drug-likeness (QED) is 0.804. The van der Waals surface area contributed by atoms with Gasteiger partial charge < -0.3 is 10.4 Å². The van der Waals surface area contributed by atoms with Crippen LogP contribution in [0.4, 0.5) is 0 Å². The van der Waals surface area contributed by atoms with E-state index in [2.05, 4.69) is 24.9 Å². The average molecular weight is 308 g/mol. The number of rotatable bonds is 3. The molecule has 0 saturated heterocycles. The molecule has 3 heteroatoms. The molecule has 1 aromatic rings. The Balaban J connectivity index is 0.00000161. The molecule has 116 valence electrons. The van der Waals surface area contributed by atoms with Crippen molar-refractivity contribution < 1.29 is 5.11 Å². The maximum atomic E-state index is 10.6. The Labute approximate surface area is 134 Å². The van der Waals surface area contributed by atoms with Crippen LogP contribution >= 0.6 is 12.4 Å². The zero-order chi connectivity index (χ0) is 14.3. The van der Waals surface area contributed by atoms with Gasteiger partial charge in [0.25, 0.3) is 0 Å². The second-order valence-electron chi connectivity index (χ2n) is 6.42. The van der Waals surface area contributed by atoms with Crippen molar-refractivity contribution in [1.29, 1.82) is 0 Å². The smallest absolute Gasteiger partial charge is 0.123 e. The summed E-state index contributed by atoms with van der Waals surface area (Å²) in [6, 6.07) is 2.45. The van der Waals surface area contributed by atoms with Crippen LogP contribution in [0.5, 0.6) is 5.75 Å². The van der Waals surface area contributed by atoms with Crippen molar-refractivity contribution >= 4 is 12.4 Å². The SMILES string of the molecule is C=CCNC1c2c(O)c(C)cc(C)c2C2CCCCC21.Cl. The van der Waals surface area contributed by atoms with E-state index in [1.165, 1.54) is 42.4 Å². The van der Waals surface area contributed by atoms with Crippen LogP contribution in [0.15, 0.2) is 18.7 Å². The third-order valence-electron chi connectivity index (χ3n) is 5.19. The second-order valence-corrected chi connectivity index (χ2v) is 6.42. The van der Waals surface area contributed by atoms with Crippen LogP contribution in [0.3, 0.4) is 0 Å². The van der Waals surface area contributed by atoms with E-state index in [0.29, 0.717) is 23.6 Å². The van der Waals surface area contributed by atoms with Gasteiger partial charge in [-0.25, -0.2) is 0 Å². The summed E-state index contributed by atoms with van der Waals surface area (Å²) in [6.07, 6.45) is 7.10. The second kappa shape index (κ2) is 6.41. The Hall–Kier alpha value is -0.990. The highest BCUT2D eigenvalue weighted by molar-refractivity contribution is 5.85. The standard InChI is InChI=1S/C18H25NO.ClH/c1-4-9-19-17-14-8-6-5-7-13(14)15-11(2)10-12(3)18(20)16(15)17;/h4,10,13-14,17,19-20H,1,5-9H2,2-3H3;1H. The van der Waals surface area contributed by atoms with Crippen molar-refractivity contribution in [3.05, 3.63) is 41.0 Å². The molecule has 1 saturated carbocycles. The average Bonchev–Trinajstić information content (AvgIpc) is 2.78. The lowest BCUT2D eigenvalue weighted by Gasteiger charge is -2.30. The Kier molecular flexibility index (Phi) is 5.00. The fourth-order valence-electron chi connectivity index (χ4n) is 4.43. The highest BCUT2D eigenvalue weighted by atomic mass is 35.5. The molecular weight excluding hydrogens is 282 g/mol. The number of hydrogen-bond acceptors (Lipinski definition) is 2. The number of phenols is 1. The van der Waals surface area contributed by atoms with Crippen LogP contribution in [-0.4, -0.2) is 11.7 Å². The molecule has 0 spiro atoms. The molecule has 21 heavy (non-hydrogen) atoms. The maximum Gasteiger partial charge on any atom is 0.123 e. The Morgan fingerprint density at radius 3 is 2.67 bits per heavy atom. The molecule has 0 amide bonds. The fourth-order valence-corrected chi connectivity index (χ4v) is 4.43. The van der Waals surface area contributed by atoms with Gasteiger partial charge in [0.15, 0.2) is 0 Å². The molecule has 2 N–H and O–H groups in total. The van der Waals surface area contributed by atoms with Gasteiger partial charge in [0.05, 0.1) is 0 Å². The van der Waals surface area contributed by atoms with Crippen molar-refractivity contribution in [2.24, 2.45) is 5.92 Å². The van der Waals surface area contributed by atoms with Crippen molar-refractivity contribution in [3.63, 3.8) is 0 Å². The molecule has 3 rings (SSSR count). The zero-order valence-electron chi connectivity index (χ0n) is 13.0. The van der Waals surface area contributed by atoms with E-state index < -0.39 is 0 Å². The molecule has 0 aliphatic heterocycles. The maximum absolute atomic E-state index is 10.6. The third-order valence-corrected chi connectivity index (χ3v) is 5.19. The topological polar surface area (TPSA) is 32.3 Å². The monoisotopic (exact) mass is 307 g/mol. The Morgan fingerprint density at radius 1 is 1.24 bits per heavy atom. The van der Waals surface area contributed by atoms with Crippen LogP contribution in [0.1, 0.15) is 59.9 Å². The van der Waals surface area contributed by atoms with E-state index in [4.69, 9.17) is 0 Å². The molecule has 2 aliphatic rings. The lowest BCUT2D eigenvalue weighted by atomic mass is 9.77. The van der Waals surface area contributed by atoms with Gasteiger partial charge in [0.1, 0.15) is 5.75 Å². The summed E-state index contributed by atoms with van der Waals surface area (Å²) in [4.78, 5) is 0. The predicted molar refractivity (Wildman–Crippen MR) is 90.5 cm³/mol. The minimum absolute atomic E-state index is 0. The van der Waals surface area contributed by atoms with Crippen molar-refractivity contribution in [3.8, 4) is 5.75 Å². The van der Waals surface area contributed by atoms with Gasteiger partial charge in [-0.2, -0.15) is 0 Å². The molecule has 0 heterocycles. The lowest BCUT2D eigenvalue weighted by Crippen LogP contribution is -2.28. The van der Waals surface area contributed by atoms with Gasteiger partial charge in [0, 0.05) is 18.2 Å². The molecule has 1 aromatic carbocycles. The summed E-state index contributed by atoms with van der Waals surface area (Å²) >= 11 is 0. The first-order valence-electron chi connectivity index (χ1n) is 7.82. The Bertz CT molecular complexity index is 541. The van der Waals surface area contributed by atoms with Gasteiger partial charge in [-0.3, -0.25) is 0 Å². The van der Waals surface area contributed by atoms with E-state index in [1.807, 2.05) is 13.0 Å². The number of phenolic OH excluding ortho intramolecular Hbond substituents is 1. The summed E-state index contributed by atoms with van der Waals surface area (Å²) in [5.74, 6) is 1.79. The van der Waals surface area contributed by atoms with E-state index >= 15 is 0 Å². The van der Waals surface area contributed by atoms with Crippen molar-refractivity contribution in [2.45, 2.75) is 51.5 Å². The highest BCUT2D eigenvalue weighted by Crippen LogP contribution is 2.56. The number of halogens is 1. The molecular formula is C18H26ClNO. The normalized spacial score (nSPS) is 26.7. The third kappa shape index (κ3) is 2.60. The molecule has 0 bridgehead atoms. The van der Waals surface area contributed by atoms with Crippen LogP contribution in [0.2, 0.25) is 0 Å². The number of aromatic hydroxyl groups is 1. The van der Waals surface area contributed by atoms with Gasteiger partial charge in [0.2, 0.25) is 0 Å². The number of fused-ring (bicyclic) bond motifs is 3. The van der Waals surface area contributed by atoms with E-state index in [-0.39, 0.29) is 12.4 Å². The summed E-state index contributed by atoms with van der Waals surface area (Å²) in [7, 11) is 0. The number of nitrogens with one attached hydrogen (secondary N) is 1. The lowest BCUT2D eigenvalue weighted by molar-refractivity contribution is 0.265. The minimum Gasteiger partial charge on any atom is -0.507 e. The van der Waals surface area contributed by atoms with E-state index in [1.54, 1.807) is 0 Å². The summed E-state index contributed by atoms with van der Waals surface area (Å²) in [6.45, 7) is 8.83. The first-order chi connectivity index (χ1) is 9.65. The van der Waals surface area contributed by atoms with Gasteiger partial charge in [-0.1, -0.05) is 25.0 Å². The van der Waals surface area contributed by atoms with Gasteiger partial charge in [-0.05, 0) is 55.2 Å².